The van der Waals surface area contributed by atoms with E-state index in [1.807, 2.05) is 162 Å². The summed E-state index contributed by atoms with van der Waals surface area (Å²) in [7, 11) is 0. The highest BCUT2D eigenvalue weighted by molar-refractivity contribution is 5.80. The van der Waals surface area contributed by atoms with Crippen molar-refractivity contribution in [1.29, 1.82) is 0 Å². The molecule has 6 aliphatic rings. The Morgan fingerprint density at radius 2 is 0.657 bits per heavy atom. The molecule has 16 aromatic rings. The number of rotatable bonds is 21. The first-order valence-corrected chi connectivity index (χ1v) is 38.3. The molecule has 0 spiro atoms. The number of hydrogen-bond acceptors (Lipinski definition) is 16. The Labute approximate surface area is 624 Å². The molecular formula is C84H86N24. The third-order valence-electron chi connectivity index (χ3n) is 22.1. The number of pyridine rings is 8. The zero-order valence-electron chi connectivity index (χ0n) is 61.4. The topological polar surface area (TPSA) is 287 Å². The third-order valence-corrected chi connectivity index (χ3v) is 22.1. The van der Waals surface area contributed by atoms with Crippen LogP contribution in [-0.4, -0.2) is 118 Å². The second-order valence-electron chi connectivity index (χ2n) is 30.3. The molecule has 2 bridgehead atoms. The largest absolute Gasteiger partial charge is 0.340 e. The predicted octanol–water partition coefficient (Wildman–Crippen LogP) is 16.5. The van der Waals surface area contributed by atoms with Crippen molar-refractivity contribution in [3.63, 3.8) is 0 Å². The van der Waals surface area contributed by atoms with Gasteiger partial charge in [0, 0.05) is 95.5 Å². The molecule has 0 aliphatic heterocycles. The van der Waals surface area contributed by atoms with Crippen LogP contribution < -0.4 is 0 Å². The van der Waals surface area contributed by atoms with E-state index in [4.69, 9.17) is 39.9 Å². The monoisotopic (exact) mass is 1430 g/mol. The Morgan fingerprint density at radius 3 is 0.954 bits per heavy atom. The van der Waals surface area contributed by atoms with Gasteiger partial charge in [-0.05, 0) is 199 Å². The fourth-order valence-corrected chi connectivity index (χ4v) is 15.5. The molecule has 0 atom stereocenters. The number of fused-ring (bicyclic) bond motifs is 4. The maximum atomic E-state index is 5.00. The molecule has 0 aromatic carbocycles. The molecule has 24 nitrogen and oxygen atoms in total. The van der Waals surface area contributed by atoms with Crippen molar-refractivity contribution < 1.29 is 0 Å². The number of imidazole rings is 4. The summed E-state index contributed by atoms with van der Waals surface area (Å²) in [5, 5.41) is 17.0. The highest BCUT2D eigenvalue weighted by atomic mass is 15.3. The van der Waals surface area contributed by atoms with E-state index in [1.54, 1.807) is 43.4 Å². The summed E-state index contributed by atoms with van der Waals surface area (Å²) in [6, 6.07) is 40.4. The summed E-state index contributed by atoms with van der Waals surface area (Å²) < 4.78 is 7.13. The van der Waals surface area contributed by atoms with Crippen LogP contribution in [0.2, 0.25) is 0 Å². The quantitative estimate of drug-likeness (QED) is 0.0520. The van der Waals surface area contributed by atoms with Crippen LogP contribution in [0.5, 0.6) is 0 Å². The Bertz CT molecular complexity index is 5850. The first-order valence-electron chi connectivity index (χ1n) is 38.3. The van der Waals surface area contributed by atoms with Gasteiger partial charge in [0.25, 0.3) is 0 Å². The molecule has 16 aromatic heterocycles. The standard InChI is InChI=1S/C22H22N6.2C21H22N6.C20H20N6/c1-14-3-2-4-17(25-14)21-20(16-5-6-19-23-13-24-28(19)12-16)26-18(27-21)7-8-22-9-15(10-22)11-22;1-14-4-2-7-17(24-14)21-20(16-9-11-19-22-13-23-27(19)12-16)25-18(26-21)10-8-15-5-3-6-15;1-14-4-2-6-17(24-14)21-20(16-10-11-19-22-13-23-27(19)12-16)25-18(26-21)7-3-5-15-8-9-15;1-13-3-2-4-16(23-13)20-19(24-17(25-20)9-7-14-5-6-14)15-8-10-18-21-12-22-26(18)11-15/h2-6,12-13,15H,7-11H2,1H3,(H,26,27);2,4,7,9,11-13,15H,3,5-6,8,10H2,1H3,(H,25,26);2,4,6,10-13,15H,3,5,7-9H2,1H3,(H,25,26);2-4,8,10-12,14H,5-7,9H2,1H3,(H,24,25). The second kappa shape index (κ2) is 29.3. The van der Waals surface area contributed by atoms with Crippen LogP contribution in [-0.2, 0) is 25.7 Å². The van der Waals surface area contributed by atoms with E-state index < -0.39 is 0 Å². The Morgan fingerprint density at radius 1 is 0.343 bits per heavy atom. The fraction of sp³-hybridized carbons (Fsp3) is 0.333. The van der Waals surface area contributed by atoms with Gasteiger partial charge in [-0.15, -0.1) is 0 Å². The molecule has 24 heteroatoms. The molecule has 0 amide bonds. The van der Waals surface area contributed by atoms with Gasteiger partial charge < -0.3 is 19.9 Å². The van der Waals surface area contributed by atoms with Gasteiger partial charge in [0.1, 0.15) is 48.6 Å². The van der Waals surface area contributed by atoms with Crippen LogP contribution in [0, 0.1) is 56.8 Å². The van der Waals surface area contributed by atoms with E-state index in [0.717, 1.165) is 209 Å². The minimum atomic E-state index is 0.624. The SMILES string of the molecule is Cc1cccc(-c2[nH]c(CCC34CC(C3)C4)nc2-c2ccc3ncnn3c2)n1.Cc1cccc(-c2[nH]c(CCC3CC3)nc2-c2ccc3ncnn3c2)n1.Cc1cccc(-c2[nH]c(CCC3CCC3)nc2-c2ccc3ncnn3c2)n1.Cc1cccc(-c2[nH]c(CCCC3CC3)nc2-c2ccc3ncnn3c2)n1. The molecule has 6 aliphatic carbocycles. The average molecular weight is 1430 g/mol. The van der Waals surface area contributed by atoms with Crippen molar-refractivity contribution in [2.24, 2.45) is 29.1 Å². The zero-order valence-corrected chi connectivity index (χ0v) is 61.4. The van der Waals surface area contributed by atoms with Gasteiger partial charge in [0.15, 0.2) is 22.6 Å². The van der Waals surface area contributed by atoms with E-state index >= 15 is 0 Å². The van der Waals surface area contributed by atoms with Crippen molar-refractivity contribution >= 4 is 22.6 Å². The summed E-state index contributed by atoms with van der Waals surface area (Å²) in [6.45, 7) is 8.05. The van der Waals surface area contributed by atoms with Crippen molar-refractivity contribution in [2.75, 3.05) is 0 Å². The van der Waals surface area contributed by atoms with E-state index in [2.05, 4.69) is 72.4 Å². The molecule has 542 valence electrons. The van der Waals surface area contributed by atoms with Crippen LogP contribution in [0.1, 0.15) is 142 Å². The number of nitrogens with one attached hydrogen (secondary N) is 4. The number of aromatic nitrogens is 24. The smallest absolute Gasteiger partial charge is 0.155 e. The first kappa shape index (κ1) is 67.8. The molecule has 108 heavy (non-hydrogen) atoms. The van der Waals surface area contributed by atoms with Crippen molar-refractivity contribution in [1.82, 2.24) is 118 Å². The molecule has 22 rings (SSSR count). The predicted molar refractivity (Wildman–Crippen MR) is 415 cm³/mol. The minimum absolute atomic E-state index is 0.624. The van der Waals surface area contributed by atoms with Crippen LogP contribution in [0.4, 0.5) is 0 Å². The number of hydrogen-bond donors (Lipinski definition) is 4. The highest BCUT2D eigenvalue weighted by Gasteiger charge is 2.55. The van der Waals surface area contributed by atoms with Gasteiger partial charge in [-0.2, -0.15) is 20.4 Å². The lowest BCUT2D eigenvalue weighted by atomic mass is 9.43. The summed E-state index contributed by atoms with van der Waals surface area (Å²) >= 11 is 0. The number of nitrogens with zero attached hydrogens (tertiary/aromatic N) is 20. The lowest BCUT2D eigenvalue weighted by Crippen LogP contribution is -2.51. The van der Waals surface area contributed by atoms with E-state index in [-0.39, 0.29) is 0 Å². The fourth-order valence-electron chi connectivity index (χ4n) is 15.5. The number of aromatic amines is 4. The van der Waals surface area contributed by atoms with Crippen molar-refractivity contribution in [3.05, 3.63) is 217 Å². The summed E-state index contributed by atoms with van der Waals surface area (Å²) in [5.74, 6) is 7.87. The summed E-state index contributed by atoms with van der Waals surface area (Å²) in [5.41, 5.74) is 23.3. The van der Waals surface area contributed by atoms with Crippen molar-refractivity contribution in [2.45, 2.75) is 150 Å². The Kier molecular flexibility index (Phi) is 18.4. The average Bonchev–Trinajstić information content (AvgIpc) is 1.32. The van der Waals surface area contributed by atoms with E-state index in [0.29, 0.717) is 5.41 Å². The van der Waals surface area contributed by atoms with Crippen LogP contribution in [0.3, 0.4) is 0 Å². The molecule has 16 heterocycles. The Balaban J connectivity index is 0.000000102. The molecule has 0 saturated heterocycles. The van der Waals surface area contributed by atoms with Gasteiger partial charge in [0.05, 0.1) is 68.3 Å². The molecule has 6 fully saturated rings. The first-order chi connectivity index (χ1) is 53.0. The van der Waals surface area contributed by atoms with E-state index in [9.17, 15) is 0 Å². The molecule has 6 saturated carbocycles. The maximum Gasteiger partial charge on any atom is 0.155 e. The van der Waals surface area contributed by atoms with Gasteiger partial charge in [0.2, 0.25) is 0 Å². The van der Waals surface area contributed by atoms with Crippen molar-refractivity contribution in [3.8, 4) is 90.6 Å². The van der Waals surface area contributed by atoms with Gasteiger partial charge >= 0.3 is 0 Å². The lowest BCUT2D eigenvalue weighted by Gasteiger charge is -2.62. The minimum Gasteiger partial charge on any atom is -0.340 e. The maximum absolute atomic E-state index is 5.00. The van der Waals surface area contributed by atoms with Crippen LogP contribution in [0.25, 0.3) is 113 Å². The highest BCUT2D eigenvalue weighted by Crippen LogP contribution is 2.66. The van der Waals surface area contributed by atoms with Gasteiger partial charge in [-0.3, -0.25) is 19.9 Å². The molecule has 0 unspecified atom stereocenters. The van der Waals surface area contributed by atoms with Gasteiger partial charge in [-0.1, -0.05) is 75.6 Å². The molecule has 4 N–H and O–H groups in total. The molecular weight excluding hydrogens is 1350 g/mol. The normalized spacial score (nSPS) is 16.5. The number of aryl methyl sites for hydroxylation is 8. The summed E-state index contributed by atoms with van der Waals surface area (Å²) in [4.78, 5) is 69.8. The molecule has 0 radical (unpaired) electrons. The van der Waals surface area contributed by atoms with Crippen LogP contribution >= 0.6 is 0 Å². The Hall–Kier alpha value is -12.1. The summed E-state index contributed by atoms with van der Waals surface area (Å²) in [6.07, 6.45) is 38.2. The zero-order chi connectivity index (χ0) is 72.7. The lowest BCUT2D eigenvalue weighted by molar-refractivity contribution is -0.111. The van der Waals surface area contributed by atoms with Crippen LogP contribution in [0.15, 0.2) is 171 Å². The second-order valence-corrected chi connectivity index (χ2v) is 30.3. The number of H-pyrrole nitrogens is 4. The van der Waals surface area contributed by atoms with E-state index in [1.165, 1.54) is 96.3 Å². The third kappa shape index (κ3) is 14.9. The van der Waals surface area contributed by atoms with Gasteiger partial charge in [-0.25, -0.2) is 57.9 Å².